The first-order chi connectivity index (χ1) is 7.36. The molecule has 1 nitrogen and oxygen atoms in total. The van der Waals surface area contributed by atoms with Gasteiger partial charge in [0.1, 0.15) is 5.78 Å². The Morgan fingerprint density at radius 1 is 1.40 bits per heavy atom. The Labute approximate surface area is 95.5 Å². The lowest BCUT2D eigenvalue weighted by Crippen LogP contribution is -2.10. The van der Waals surface area contributed by atoms with Gasteiger partial charge in [-0.1, -0.05) is 12.8 Å². The highest BCUT2D eigenvalue weighted by Gasteiger charge is 2.21. The van der Waals surface area contributed by atoms with Crippen LogP contribution in [0.1, 0.15) is 44.1 Å². The van der Waals surface area contributed by atoms with Gasteiger partial charge in [-0.25, -0.2) is 0 Å². The first-order valence-corrected chi connectivity index (χ1v) is 6.84. The molecule has 15 heavy (non-hydrogen) atoms. The maximum atomic E-state index is 11.8. The molecule has 2 rings (SSSR count). The van der Waals surface area contributed by atoms with E-state index >= 15 is 0 Å². The van der Waals surface area contributed by atoms with Crippen LogP contribution in [-0.4, -0.2) is 5.78 Å². The largest absolute Gasteiger partial charge is 0.299 e. The number of ketones is 1. The summed E-state index contributed by atoms with van der Waals surface area (Å²) >= 11 is 1.74. The van der Waals surface area contributed by atoms with Crippen molar-refractivity contribution in [3.8, 4) is 0 Å². The van der Waals surface area contributed by atoms with Crippen LogP contribution in [0.4, 0.5) is 0 Å². The zero-order valence-electron chi connectivity index (χ0n) is 9.08. The molecule has 0 radical (unpaired) electrons. The molecule has 0 N–H and O–H groups in total. The van der Waals surface area contributed by atoms with Crippen LogP contribution < -0.4 is 0 Å². The van der Waals surface area contributed by atoms with Gasteiger partial charge >= 0.3 is 0 Å². The molecule has 0 aromatic carbocycles. The zero-order valence-corrected chi connectivity index (χ0v) is 9.89. The van der Waals surface area contributed by atoms with Gasteiger partial charge in [-0.2, -0.15) is 11.3 Å². The molecule has 0 saturated heterocycles. The molecule has 0 aliphatic heterocycles. The van der Waals surface area contributed by atoms with Crippen LogP contribution in [0.15, 0.2) is 16.8 Å². The first-order valence-electron chi connectivity index (χ1n) is 5.90. The minimum atomic E-state index is 0.410. The Kier molecular flexibility index (Phi) is 3.95. The number of rotatable bonds is 5. The van der Waals surface area contributed by atoms with Crippen LogP contribution in [0.3, 0.4) is 0 Å². The van der Waals surface area contributed by atoms with Gasteiger partial charge in [-0.15, -0.1) is 0 Å². The Morgan fingerprint density at radius 2 is 2.20 bits per heavy atom. The van der Waals surface area contributed by atoms with Gasteiger partial charge < -0.3 is 0 Å². The molecule has 1 aliphatic carbocycles. The number of Topliss-reactive ketones (excluding diaryl/α,β-unsaturated/α-hetero) is 1. The summed E-state index contributed by atoms with van der Waals surface area (Å²) in [7, 11) is 0. The summed E-state index contributed by atoms with van der Waals surface area (Å²) in [4.78, 5) is 11.8. The summed E-state index contributed by atoms with van der Waals surface area (Å²) in [5, 5.41) is 4.29. The number of hydrogen-bond acceptors (Lipinski definition) is 2. The van der Waals surface area contributed by atoms with Crippen LogP contribution in [0, 0.1) is 5.92 Å². The molecular formula is C13H18OS. The summed E-state index contributed by atoms with van der Waals surface area (Å²) in [6.45, 7) is 0. The van der Waals surface area contributed by atoms with Crippen molar-refractivity contribution < 1.29 is 4.79 Å². The smallest absolute Gasteiger partial charge is 0.135 e. The van der Waals surface area contributed by atoms with Crippen molar-refractivity contribution in [3.63, 3.8) is 0 Å². The molecule has 0 bridgehead atoms. The summed E-state index contributed by atoms with van der Waals surface area (Å²) in [6.07, 6.45) is 7.73. The Hall–Kier alpha value is -0.630. The van der Waals surface area contributed by atoms with Crippen molar-refractivity contribution in [3.05, 3.63) is 22.4 Å². The molecule has 0 amide bonds. The Morgan fingerprint density at radius 3 is 2.87 bits per heavy atom. The third-order valence-electron chi connectivity index (χ3n) is 3.28. The van der Waals surface area contributed by atoms with Crippen LogP contribution in [0.2, 0.25) is 0 Å². The minimum Gasteiger partial charge on any atom is -0.299 e. The van der Waals surface area contributed by atoms with Crippen molar-refractivity contribution in [1.82, 2.24) is 0 Å². The number of thiophene rings is 1. The third kappa shape index (κ3) is 3.16. The highest BCUT2D eigenvalue weighted by atomic mass is 32.1. The summed E-state index contributed by atoms with van der Waals surface area (Å²) < 4.78 is 0. The van der Waals surface area contributed by atoms with E-state index in [1.54, 1.807) is 11.3 Å². The monoisotopic (exact) mass is 222 g/mol. The van der Waals surface area contributed by atoms with E-state index in [0.717, 1.165) is 32.1 Å². The molecule has 82 valence electrons. The lowest BCUT2D eigenvalue weighted by molar-refractivity contribution is -0.122. The molecule has 1 aromatic heterocycles. The number of aryl methyl sites for hydroxylation is 1. The molecule has 0 atom stereocenters. The first kappa shape index (κ1) is 10.9. The molecular weight excluding hydrogens is 204 g/mol. The van der Waals surface area contributed by atoms with Crippen LogP contribution in [-0.2, 0) is 11.2 Å². The van der Waals surface area contributed by atoms with E-state index in [1.165, 1.54) is 18.4 Å². The maximum Gasteiger partial charge on any atom is 0.135 e. The fourth-order valence-corrected chi connectivity index (χ4v) is 3.06. The van der Waals surface area contributed by atoms with Crippen molar-refractivity contribution in [2.75, 3.05) is 0 Å². The zero-order chi connectivity index (χ0) is 10.5. The SMILES string of the molecule is O=C(CCCc1ccsc1)C1CCCC1. The lowest BCUT2D eigenvalue weighted by Gasteiger charge is -2.06. The van der Waals surface area contributed by atoms with Gasteiger partial charge in [0.2, 0.25) is 0 Å². The van der Waals surface area contributed by atoms with Crippen LogP contribution in [0.25, 0.3) is 0 Å². The molecule has 1 heterocycles. The van der Waals surface area contributed by atoms with E-state index in [9.17, 15) is 4.79 Å². The van der Waals surface area contributed by atoms with Gasteiger partial charge in [0.15, 0.2) is 0 Å². The predicted octanol–water partition coefficient (Wildman–Crippen LogP) is 3.83. The Balaban J connectivity index is 1.67. The van der Waals surface area contributed by atoms with E-state index in [1.807, 2.05) is 0 Å². The lowest BCUT2D eigenvalue weighted by atomic mass is 9.97. The van der Waals surface area contributed by atoms with E-state index in [4.69, 9.17) is 0 Å². The van der Waals surface area contributed by atoms with Crippen molar-refractivity contribution in [2.45, 2.75) is 44.9 Å². The molecule has 1 fully saturated rings. The van der Waals surface area contributed by atoms with Crippen molar-refractivity contribution in [2.24, 2.45) is 5.92 Å². The second-order valence-corrected chi connectivity index (χ2v) is 5.21. The molecule has 1 aliphatic rings. The van der Waals surface area contributed by atoms with Crippen LogP contribution >= 0.6 is 11.3 Å². The van der Waals surface area contributed by atoms with Crippen molar-refractivity contribution >= 4 is 17.1 Å². The molecule has 0 spiro atoms. The highest BCUT2D eigenvalue weighted by molar-refractivity contribution is 7.07. The van der Waals surface area contributed by atoms with E-state index < -0.39 is 0 Å². The molecule has 1 aromatic rings. The minimum absolute atomic E-state index is 0.410. The number of carbonyl (C=O) groups is 1. The van der Waals surface area contributed by atoms with Gasteiger partial charge in [-0.3, -0.25) is 4.79 Å². The summed E-state index contributed by atoms with van der Waals surface area (Å²) in [5.41, 5.74) is 1.39. The summed E-state index contributed by atoms with van der Waals surface area (Å²) in [5.74, 6) is 0.926. The second kappa shape index (κ2) is 5.45. The quantitative estimate of drug-likeness (QED) is 0.740. The summed E-state index contributed by atoms with van der Waals surface area (Å²) in [6, 6.07) is 2.16. The maximum absolute atomic E-state index is 11.8. The average Bonchev–Trinajstić information content (AvgIpc) is 2.90. The molecule has 1 saturated carbocycles. The van der Waals surface area contributed by atoms with E-state index in [-0.39, 0.29) is 0 Å². The fraction of sp³-hybridized carbons (Fsp3) is 0.615. The van der Waals surface area contributed by atoms with Gasteiger partial charge in [0.05, 0.1) is 0 Å². The highest BCUT2D eigenvalue weighted by Crippen LogP contribution is 2.27. The molecule has 0 unspecified atom stereocenters. The molecule has 2 heteroatoms. The van der Waals surface area contributed by atoms with E-state index in [0.29, 0.717) is 11.7 Å². The Bertz CT molecular complexity index is 296. The number of hydrogen-bond donors (Lipinski definition) is 0. The normalized spacial score (nSPS) is 17.1. The predicted molar refractivity (Wildman–Crippen MR) is 64.2 cm³/mol. The standard InChI is InChI=1S/C13H18OS/c14-13(12-5-1-2-6-12)7-3-4-11-8-9-15-10-11/h8-10,12H,1-7H2. The topological polar surface area (TPSA) is 17.1 Å². The number of carbonyl (C=O) groups excluding carboxylic acids is 1. The van der Waals surface area contributed by atoms with Crippen LogP contribution in [0.5, 0.6) is 0 Å². The van der Waals surface area contributed by atoms with E-state index in [2.05, 4.69) is 16.8 Å². The van der Waals surface area contributed by atoms with Gasteiger partial charge in [0, 0.05) is 12.3 Å². The second-order valence-electron chi connectivity index (χ2n) is 4.43. The van der Waals surface area contributed by atoms with Crippen molar-refractivity contribution in [1.29, 1.82) is 0 Å². The average molecular weight is 222 g/mol. The van der Waals surface area contributed by atoms with Gasteiger partial charge in [-0.05, 0) is 48.1 Å². The fourth-order valence-electron chi connectivity index (χ4n) is 2.35. The third-order valence-corrected chi connectivity index (χ3v) is 4.01. The van der Waals surface area contributed by atoms with Gasteiger partial charge in [0.25, 0.3) is 0 Å².